The first-order chi connectivity index (χ1) is 8.84. The summed E-state index contributed by atoms with van der Waals surface area (Å²) in [6.45, 7) is 2.42. The van der Waals surface area contributed by atoms with Crippen LogP contribution in [0.2, 0.25) is 0 Å². The Morgan fingerprint density at radius 2 is 2.11 bits per heavy atom. The van der Waals surface area contributed by atoms with Crippen LogP contribution in [0.15, 0.2) is 24.3 Å². The van der Waals surface area contributed by atoms with E-state index < -0.39 is 0 Å². The number of likely N-dealkylation sites (N-methyl/N-ethyl adjacent to an activating group) is 1. The zero-order chi connectivity index (χ0) is 12.4. The lowest BCUT2D eigenvalue weighted by Gasteiger charge is -2.29. The lowest BCUT2D eigenvalue weighted by Crippen LogP contribution is -2.38. The first-order valence-electron chi connectivity index (χ1n) is 7.36. The molecule has 1 fully saturated rings. The van der Waals surface area contributed by atoms with Gasteiger partial charge in [0.05, 0.1) is 0 Å². The van der Waals surface area contributed by atoms with E-state index in [2.05, 4.69) is 41.5 Å². The molecule has 0 aromatic heterocycles. The minimum absolute atomic E-state index is 0.587. The predicted molar refractivity (Wildman–Crippen MR) is 75.8 cm³/mol. The Labute approximate surface area is 110 Å². The van der Waals surface area contributed by atoms with E-state index in [-0.39, 0.29) is 0 Å². The lowest BCUT2D eigenvalue weighted by atomic mass is 9.87. The highest BCUT2D eigenvalue weighted by atomic mass is 15.2. The summed E-state index contributed by atoms with van der Waals surface area (Å²) in [6, 6.07) is 10.3. The number of nitrogens with one attached hydrogen (secondary N) is 1. The number of hydrogen-bond donors (Lipinski definition) is 1. The van der Waals surface area contributed by atoms with Crippen molar-refractivity contribution >= 4 is 0 Å². The number of rotatable bonds is 3. The third-order valence-corrected chi connectivity index (χ3v) is 4.64. The van der Waals surface area contributed by atoms with Crippen molar-refractivity contribution in [2.75, 3.05) is 20.1 Å². The third kappa shape index (κ3) is 2.45. The SMILES string of the molecule is CN1CCCC1CNC1CCCc2ccccc21. The summed E-state index contributed by atoms with van der Waals surface area (Å²) in [5, 5.41) is 3.81. The normalized spacial score (nSPS) is 28.3. The molecule has 1 aromatic carbocycles. The number of nitrogens with zero attached hydrogens (tertiary/aromatic N) is 1. The largest absolute Gasteiger partial charge is 0.308 e. The monoisotopic (exact) mass is 244 g/mol. The summed E-state index contributed by atoms with van der Waals surface area (Å²) in [5.74, 6) is 0. The Balaban J connectivity index is 1.64. The van der Waals surface area contributed by atoms with Crippen LogP contribution in [0, 0.1) is 0 Å². The van der Waals surface area contributed by atoms with Crippen molar-refractivity contribution in [3.05, 3.63) is 35.4 Å². The van der Waals surface area contributed by atoms with Gasteiger partial charge >= 0.3 is 0 Å². The van der Waals surface area contributed by atoms with Crippen LogP contribution in [0.4, 0.5) is 0 Å². The van der Waals surface area contributed by atoms with Gasteiger partial charge in [-0.1, -0.05) is 24.3 Å². The number of benzene rings is 1. The molecule has 1 N–H and O–H groups in total. The lowest BCUT2D eigenvalue weighted by molar-refractivity contribution is 0.286. The average Bonchev–Trinajstić information content (AvgIpc) is 2.82. The van der Waals surface area contributed by atoms with Crippen molar-refractivity contribution in [3.8, 4) is 0 Å². The van der Waals surface area contributed by atoms with Crippen molar-refractivity contribution in [1.82, 2.24) is 10.2 Å². The molecular formula is C16H24N2. The molecule has 1 heterocycles. The van der Waals surface area contributed by atoms with Gasteiger partial charge in [-0.25, -0.2) is 0 Å². The maximum absolute atomic E-state index is 3.81. The van der Waals surface area contributed by atoms with Gasteiger partial charge in [-0.15, -0.1) is 0 Å². The predicted octanol–water partition coefficient (Wildman–Crippen LogP) is 2.75. The van der Waals surface area contributed by atoms with Gasteiger partial charge in [-0.05, 0) is 56.8 Å². The van der Waals surface area contributed by atoms with Crippen molar-refractivity contribution in [2.45, 2.75) is 44.2 Å². The Morgan fingerprint density at radius 3 is 2.94 bits per heavy atom. The first-order valence-corrected chi connectivity index (χ1v) is 7.36. The summed E-state index contributed by atoms with van der Waals surface area (Å²) in [4.78, 5) is 2.50. The quantitative estimate of drug-likeness (QED) is 0.879. The maximum atomic E-state index is 3.81. The second-order valence-corrected chi connectivity index (χ2v) is 5.83. The van der Waals surface area contributed by atoms with Crippen molar-refractivity contribution in [2.24, 2.45) is 0 Å². The minimum Gasteiger partial charge on any atom is -0.308 e. The number of fused-ring (bicyclic) bond motifs is 1. The topological polar surface area (TPSA) is 15.3 Å². The van der Waals surface area contributed by atoms with Crippen molar-refractivity contribution < 1.29 is 0 Å². The Kier molecular flexibility index (Phi) is 3.67. The van der Waals surface area contributed by atoms with E-state index in [0.717, 1.165) is 12.6 Å². The van der Waals surface area contributed by atoms with Gasteiger partial charge in [0.2, 0.25) is 0 Å². The van der Waals surface area contributed by atoms with Crippen LogP contribution in [-0.4, -0.2) is 31.1 Å². The molecule has 18 heavy (non-hydrogen) atoms. The first kappa shape index (κ1) is 12.2. The van der Waals surface area contributed by atoms with Gasteiger partial charge in [0.15, 0.2) is 0 Å². The standard InChI is InChI=1S/C16H24N2/c1-18-11-5-8-14(18)12-17-16-10-4-7-13-6-2-3-9-15(13)16/h2-3,6,9,14,16-17H,4-5,7-8,10-12H2,1H3. The van der Waals surface area contributed by atoms with Crippen LogP contribution in [0.5, 0.6) is 0 Å². The molecule has 2 nitrogen and oxygen atoms in total. The smallest absolute Gasteiger partial charge is 0.0323 e. The fourth-order valence-corrected chi connectivity index (χ4v) is 3.48. The fraction of sp³-hybridized carbons (Fsp3) is 0.625. The molecular weight excluding hydrogens is 220 g/mol. The maximum Gasteiger partial charge on any atom is 0.0323 e. The second-order valence-electron chi connectivity index (χ2n) is 5.83. The van der Waals surface area contributed by atoms with Gasteiger partial charge in [-0.2, -0.15) is 0 Å². The van der Waals surface area contributed by atoms with E-state index in [1.54, 1.807) is 11.1 Å². The van der Waals surface area contributed by atoms with Gasteiger partial charge in [0.1, 0.15) is 0 Å². The van der Waals surface area contributed by atoms with Gasteiger partial charge < -0.3 is 10.2 Å². The fourth-order valence-electron chi connectivity index (χ4n) is 3.48. The Hall–Kier alpha value is -0.860. The van der Waals surface area contributed by atoms with Crippen LogP contribution in [0.25, 0.3) is 0 Å². The molecule has 0 radical (unpaired) electrons. The Bertz CT molecular complexity index is 402. The zero-order valence-corrected chi connectivity index (χ0v) is 11.4. The second kappa shape index (κ2) is 5.41. The summed E-state index contributed by atoms with van der Waals surface area (Å²) < 4.78 is 0. The summed E-state index contributed by atoms with van der Waals surface area (Å²) in [7, 11) is 2.26. The minimum atomic E-state index is 0.587. The Morgan fingerprint density at radius 1 is 1.22 bits per heavy atom. The number of likely N-dealkylation sites (tertiary alicyclic amines) is 1. The molecule has 2 heteroatoms. The molecule has 1 aliphatic carbocycles. The summed E-state index contributed by atoms with van der Waals surface area (Å²) in [5.41, 5.74) is 3.10. The summed E-state index contributed by atoms with van der Waals surface area (Å²) in [6.07, 6.45) is 6.61. The molecule has 0 bridgehead atoms. The van der Waals surface area contributed by atoms with E-state index in [1.807, 2.05) is 0 Å². The summed E-state index contributed by atoms with van der Waals surface area (Å²) >= 11 is 0. The molecule has 0 saturated carbocycles. The molecule has 2 atom stereocenters. The van der Waals surface area contributed by atoms with Crippen LogP contribution in [0.3, 0.4) is 0 Å². The highest BCUT2D eigenvalue weighted by Crippen LogP contribution is 2.29. The molecule has 2 unspecified atom stereocenters. The average molecular weight is 244 g/mol. The number of hydrogen-bond acceptors (Lipinski definition) is 2. The molecule has 0 amide bonds. The van der Waals surface area contributed by atoms with Gasteiger partial charge in [0, 0.05) is 18.6 Å². The molecule has 1 aromatic rings. The van der Waals surface area contributed by atoms with Gasteiger partial charge in [-0.3, -0.25) is 0 Å². The highest BCUT2D eigenvalue weighted by Gasteiger charge is 2.24. The van der Waals surface area contributed by atoms with Crippen molar-refractivity contribution in [3.63, 3.8) is 0 Å². The highest BCUT2D eigenvalue weighted by molar-refractivity contribution is 5.32. The van der Waals surface area contributed by atoms with Crippen LogP contribution >= 0.6 is 0 Å². The van der Waals surface area contributed by atoms with Crippen LogP contribution in [-0.2, 0) is 6.42 Å². The van der Waals surface area contributed by atoms with E-state index >= 15 is 0 Å². The van der Waals surface area contributed by atoms with E-state index in [1.165, 1.54) is 38.6 Å². The molecule has 98 valence electrons. The zero-order valence-electron chi connectivity index (χ0n) is 11.4. The molecule has 1 saturated heterocycles. The van der Waals surface area contributed by atoms with E-state index in [0.29, 0.717) is 6.04 Å². The number of aryl methyl sites for hydroxylation is 1. The van der Waals surface area contributed by atoms with E-state index in [9.17, 15) is 0 Å². The molecule has 1 aliphatic heterocycles. The van der Waals surface area contributed by atoms with Crippen molar-refractivity contribution in [1.29, 1.82) is 0 Å². The van der Waals surface area contributed by atoms with Crippen LogP contribution < -0.4 is 5.32 Å². The molecule has 2 aliphatic rings. The van der Waals surface area contributed by atoms with Gasteiger partial charge in [0.25, 0.3) is 0 Å². The molecule has 3 rings (SSSR count). The van der Waals surface area contributed by atoms with Crippen LogP contribution in [0.1, 0.15) is 42.9 Å². The van der Waals surface area contributed by atoms with E-state index in [4.69, 9.17) is 0 Å². The third-order valence-electron chi connectivity index (χ3n) is 4.64. The molecule has 0 spiro atoms.